The molecule has 0 aliphatic heterocycles. The molecule has 2 saturated carbocycles. The first-order valence-corrected chi connectivity index (χ1v) is 6.91. The van der Waals surface area contributed by atoms with E-state index in [-0.39, 0.29) is 6.10 Å². The second-order valence-corrected chi connectivity index (χ2v) is 5.78. The maximum Gasteiger partial charge on any atom is 0.240 e. The highest BCUT2D eigenvalue weighted by Gasteiger charge is 2.29. The van der Waals surface area contributed by atoms with Gasteiger partial charge in [-0.05, 0) is 38.6 Å². The highest BCUT2D eigenvalue weighted by molar-refractivity contribution is 5.03. The number of nitrogens with zero attached hydrogens (tertiary/aromatic N) is 3. The van der Waals surface area contributed by atoms with Crippen molar-refractivity contribution in [2.45, 2.75) is 50.7 Å². The minimum atomic E-state index is -0.128. The van der Waals surface area contributed by atoms with Crippen LogP contribution in [0.1, 0.15) is 49.7 Å². The Morgan fingerprint density at radius 1 is 1.33 bits per heavy atom. The van der Waals surface area contributed by atoms with Crippen molar-refractivity contribution in [1.82, 2.24) is 15.0 Å². The van der Waals surface area contributed by atoms with Crippen LogP contribution in [0.2, 0.25) is 0 Å². The highest BCUT2D eigenvalue weighted by Crippen LogP contribution is 2.38. The van der Waals surface area contributed by atoms with Crippen LogP contribution >= 0.6 is 0 Å². The third kappa shape index (κ3) is 2.72. The van der Waals surface area contributed by atoms with E-state index in [1.807, 2.05) is 7.05 Å². The van der Waals surface area contributed by atoms with Gasteiger partial charge >= 0.3 is 0 Å². The Hall–Kier alpha value is -0.940. The highest BCUT2D eigenvalue weighted by atomic mass is 16.5. The summed E-state index contributed by atoms with van der Waals surface area (Å²) in [5.41, 5.74) is 0. The third-order valence-corrected chi connectivity index (χ3v) is 4.00. The van der Waals surface area contributed by atoms with Gasteiger partial charge in [-0.2, -0.15) is 4.98 Å². The van der Waals surface area contributed by atoms with Crippen LogP contribution in [0, 0.1) is 5.92 Å². The van der Waals surface area contributed by atoms with Gasteiger partial charge < -0.3 is 9.63 Å². The normalized spacial score (nSPS) is 28.2. The summed E-state index contributed by atoms with van der Waals surface area (Å²) in [6, 6.07) is 0. The van der Waals surface area contributed by atoms with Gasteiger partial charge in [-0.3, -0.25) is 4.90 Å². The van der Waals surface area contributed by atoms with Crippen molar-refractivity contribution in [3.8, 4) is 0 Å². The molecule has 0 aromatic carbocycles. The molecular weight excluding hydrogens is 230 g/mol. The summed E-state index contributed by atoms with van der Waals surface area (Å²) in [4.78, 5) is 6.59. The molecule has 18 heavy (non-hydrogen) atoms. The first-order chi connectivity index (χ1) is 8.72. The molecule has 2 unspecified atom stereocenters. The number of rotatable bonds is 5. The minimum absolute atomic E-state index is 0.128. The Kier molecular flexibility index (Phi) is 3.35. The van der Waals surface area contributed by atoms with Gasteiger partial charge in [0.05, 0.1) is 12.6 Å². The van der Waals surface area contributed by atoms with E-state index in [0.717, 1.165) is 31.6 Å². The molecule has 0 spiro atoms. The second kappa shape index (κ2) is 4.97. The molecule has 2 fully saturated rings. The smallest absolute Gasteiger partial charge is 0.240 e. The van der Waals surface area contributed by atoms with Gasteiger partial charge in [0.15, 0.2) is 5.82 Å². The molecule has 2 atom stereocenters. The van der Waals surface area contributed by atoms with Gasteiger partial charge in [0.25, 0.3) is 0 Å². The van der Waals surface area contributed by atoms with Crippen LogP contribution in [0.3, 0.4) is 0 Å². The average Bonchev–Trinajstić information content (AvgIpc) is 2.97. The topological polar surface area (TPSA) is 62.4 Å². The molecule has 2 aliphatic rings. The van der Waals surface area contributed by atoms with Crippen molar-refractivity contribution >= 4 is 0 Å². The molecule has 2 aliphatic carbocycles. The lowest BCUT2D eigenvalue weighted by atomic mass is 10.1. The Morgan fingerprint density at radius 2 is 2.17 bits per heavy atom. The first kappa shape index (κ1) is 12.1. The van der Waals surface area contributed by atoms with Crippen molar-refractivity contribution in [3.05, 3.63) is 11.7 Å². The van der Waals surface area contributed by atoms with E-state index in [0.29, 0.717) is 24.3 Å². The van der Waals surface area contributed by atoms with E-state index in [1.54, 1.807) is 0 Å². The molecule has 1 aromatic rings. The van der Waals surface area contributed by atoms with Crippen molar-refractivity contribution in [3.63, 3.8) is 0 Å². The van der Waals surface area contributed by atoms with Gasteiger partial charge in [-0.1, -0.05) is 11.6 Å². The lowest BCUT2D eigenvalue weighted by molar-refractivity contribution is 0.104. The summed E-state index contributed by atoms with van der Waals surface area (Å²) < 4.78 is 5.26. The van der Waals surface area contributed by atoms with Gasteiger partial charge in [0, 0.05) is 12.5 Å². The molecule has 1 aromatic heterocycles. The first-order valence-electron chi connectivity index (χ1n) is 6.91. The van der Waals surface area contributed by atoms with Gasteiger partial charge in [0.2, 0.25) is 5.89 Å². The minimum Gasteiger partial charge on any atom is -0.393 e. The largest absolute Gasteiger partial charge is 0.393 e. The molecular formula is C13H21N3O2. The number of aliphatic hydroxyl groups excluding tert-OH is 1. The third-order valence-electron chi connectivity index (χ3n) is 4.00. The average molecular weight is 251 g/mol. The lowest BCUT2D eigenvalue weighted by Gasteiger charge is -2.21. The van der Waals surface area contributed by atoms with E-state index in [2.05, 4.69) is 15.0 Å². The maximum absolute atomic E-state index is 9.81. The lowest BCUT2D eigenvalue weighted by Crippen LogP contribution is -2.29. The van der Waals surface area contributed by atoms with Crippen molar-refractivity contribution < 1.29 is 9.63 Å². The van der Waals surface area contributed by atoms with Gasteiger partial charge in [-0.15, -0.1) is 0 Å². The molecule has 0 radical (unpaired) electrons. The number of hydrogen-bond donors (Lipinski definition) is 1. The molecule has 0 amide bonds. The molecule has 3 rings (SSSR count). The molecule has 100 valence electrons. The number of aromatic nitrogens is 2. The monoisotopic (exact) mass is 251 g/mol. The zero-order chi connectivity index (χ0) is 12.5. The van der Waals surface area contributed by atoms with Crippen LogP contribution in [0.25, 0.3) is 0 Å². The van der Waals surface area contributed by atoms with Crippen LogP contribution in [-0.2, 0) is 6.54 Å². The van der Waals surface area contributed by atoms with Crippen LogP contribution < -0.4 is 0 Å². The summed E-state index contributed by atoms with van der Waals surface area (Å²) in [5.74, 6) is 2.52. The summed E-state index contributed by atoms with van der Waals surface area (Å²) in [5, 5.41) is 13.8. The quantitative estimate of drug-likeness (QED) is 0.860. The van der Waals surface area contributed by atoms with E-state index in [4.69, 9.17) is 4.52 Å². The van der Waals surface area contributed by atoms with Crippen molar-refractivity contribution in [2.24, 2.45) is 5.92 Å². The molecule has 0 bridgehead atoms. The molecule has 5 heteroatoms. The molecule has 1 N–H and O–H groups in total. The Morgan fingerprint density at radius 3 is 2.83 bits per heavy atom. The predicted octanol–water partition coefficient (Wildman–Crippen LogP) is 1.54. The molecule has 1 heterocycles. The van der Waals surface area contributed by atoms with E-state index in [9.17, 15) is 5.11 Å². The Bertz CT molecular complexity index is 403. The van der Waals surface area contributed by atoms with E-state index >= 15 is 0 Å². The molecule has 0 saturated heterocycles. The zero-order valence-electron chi connectivity index (χ0n) is 10.9. The SMILES string of the molecule is CN(Cc1nc(C2CC2)no1)CC1CCCC1O. The standard InChI is InChI=1S/C13H21N3O2/c1-16(7-10-3-2-4-11(10)17)8-12-14-13(15-18-12)9-5-6-9/h9-11,17H,2-8H2,1H3. The second-order valence-electron chi connectivity index (χ2n) is 5.78. The number of hydrogen-bond acceptors (Lipinski definition) is 5. The van der Waals surface area contributed by atoms with E-state index < -0.39 is 0 Å². The van der Waals surface area contributed by atoms with Crippen molar-refractivity contribution in [2.75, 3.05) is 13.6 Å². The Labute approximate surface area is 107 Å². The fourth-order valence-electron chi connectivity index (χ4n) is 2.77. The molecule has 5 nitrogen and oxygen atoms in total. The number of aliphatic hydroxyl groups is 1. The van der Waals surface area contributed by atoms with Crippen LogP contribution in [0.4, 0.5) is 0 Å². The fourth-order valence-corrected chi connectivity index (χ4v) is 2.77. The summed E-state index contributed by atoms with van der Waals surface area (Å²) in [7, 11) is 2.05. The van der Waals surface area contributed by atoms with Crippen LogP contribution in [0.15, 0.2) is 4.52 Å². The fraction of sp³-hybridized carbons (Fsp3) is 0.846. The van der Waals surface area contributed by atoms with Crippen LogP contribution in [0.5, 0.6) is 0 Å². The van der Waals surface area contributed by atoms with Crippen molar-refractivity contribution in [1.29, 1.82) is 0 Å². The summed E-state index contributed by atoms with van der Waals surface area (Å²) in [6.07, 6.45) is 5.49. The summed E-state index contributed by atoms with van der Waals surface area (Å²) in [6.45, 7) is 1.59. The predicted molar refractivity (Wildman–Crippen MR) is 66.0 cm³/mol. The maximum atomic E-state index is 9.81. The summed E-state index contributed by atoms with van der Waals surface area (Å²) >= 11 is 0. The Balaban J connectivity index is 1.51. The van der Waals surface area contributed by atoms with Gasteiger partial charge in [-0.25, -0.2) is 0 Å². The zero-order valence-corrected chi connectivity index (χ0v) is 10.9. The van der Waals surface area contributed by atoms with E-state index in [1.165, 1.54) is 12.8 Å². The van der Waals surface area contributed by atoms with Gasteiger partial charge in [0.1, 0.15) is 0 Å². The van der Waals surface area contributed by atoms with Crippen LogP contribution in [-0.4, -0.2) is 39.8 Å².